The highest BCUT2D eigenvalue weighted by molar-refractivity contribution is 7.99. The number of nitrogens with zero attached hydrogens (tertiary/aromatic N) is 1. The molecule has 2 aromatic carbocycles. The van der Waals surface area contributed by atoms with Crippen molar-refractivity contribution in [2.24, 2.45) is 0 Å². The number of nitro benzene ring substituents is 1. The molecule has 3 nitrogen and oxygen atoms in total. The highest BCUT2D eigenvalue weighted by Crippen LogP contribution is 2.35. The Bertz CT molecular complexity index is 587. The Kier molecular flexibility index (Phi) is 4.11. The minimum atomic E-state index is -0.442. The van der Waals surface area contributed by atoms with Gasteiger partial charge in [0.25, 0.3) is 5.69 Å². The van der Waals surface area contributed by atoms with Gasteiger partial charge in [-0.1, -0.05) is 35.0 Å². The van der Waals surface area contributed by atoms with E-state index in [4.69, 9.17) is 23.2 Å². The van der Waals surface area contributed by atoms with Crippen LogP contribution in [0, 0.1) is 10.1 Å². The predicted molar refractivity (Wildman–Crippen MR) is 73.7 cm³/mol. The zero-order chi connectivity index (χ0) is 13.1. The Balaban J connectivity index is 2.30. The van der Waals surface area contributed by atoms with Gasteiger partial charge in [-0.3, -0.25) is 10.1 Å². The third-order valence-electron chi connectivity index (χ3n) is 2.17. The molecule has 0 atom stereocenters. The molecule has 0 radical (unpaired) electrons. The summed E-state index contributed by atoms with van der Waals surface area (Å²) in [6, 6.07) is 11.6. The van der Waals surface area contributed by atoms with Crippen molar-refractivity contribution >= 4 is 40.7 Å². The second-order valence-electron chi connectivity index (χ2n) is 3.43. The van der Waals surface area contributed by atoms with Gasteiger partial charge >= 0.3 is 0 Å². The van der Waals surface area contributed by atoms with Crippen LogP contribution in [0.1, 0.15) is 0 Å². The van der Waals surface area contributed by atoms with Crippen LogP contribution in [-0.2, 0) is 0 Å². The summed E-state index contributed by atoms with van der Waals surface area (Å²) < 4.78 is 0. The van der Waals surface area contributed by atoms with E-state index in [2.05, 4.69) is 0 Å². The molecule has 92 valence electrons. The average molecular weight is 300 g/mol. The summed E-state index contributed by atoms with van der Waals surface area (Å²) in [5.41, 5.74) is 0.0239. The maximum absolute atomic E-state index is 10.7. The fourth-order valence-corrected chi connectivity index (χ4v) is 2.54. The van der Waals surface area contributed by atoms with Crippen molar-refractivity contribution < 1.29 is 4.92 Å². The summed E-state index contributed by atoms with van der Waals surface area (Å²) in [5.74, 6) is 0. The molecule has 2 aromatic rings. The molecule has 0 saturated heterocycles. The molecule has 0 saturated carbocycles. The largest absolute Gasteiger partial charge is 0.270 e. The standard InChI is InChI=1S/C12H7Cl2NO2S/c13-8-1-4-10(5-2-8)18-12-7-9(15(16)17)3-6-11(12)14/h1-7H. The summed E-state index contributed by atoms with van der Waals surface area (Å²) in [4.78, 5) is 11.8. The van der Waals surface area contributed by atoms with Crippen LogP contribution in [-0.4, -0.2) is 4.92 Å². The van der Waals surface area contributed by atoms with Crippen molar-refractivity contribution in [1.82, 2.24) is 0 Å². The van der Waals surface area contributed by atoms with Crippen LogP contribution in [0.4, 0.5) is 5.69 Å². The van der Waals surface area contributed by atoms with Crippen molar-refractivity contribution in [2.75, 3.05) is 0 Å². The molecular formula is C12H7Cl2NO2S. The second-order valence-corrected chi connectivity index (χ2v) is 5.39. The van der Waals surface area contributed by atoms with E-state index in [1.807, 2.05) is 12.1 Å². The zero-order valence-electron chi connectivity index (χ0n) is 8.97. The molecule has 6 heteroatoms. The molecule has 0 spiro atoms. The van der Waals surface area contributed by atoms with Gasteiger partial charge in [-0.2, -0.15) is 0 Å². The Hall–Kier alpha value is -1.23. The van der Waals surface area contributed by atoms with Crippen LogP contribution in [0.5, 0.6) is 0 Å². The van der Waals surface area contributed by atoms with Gasteiger partial charge in [-0.25, -0.2) is 0 Å². The molecule has 0 aliphatic carbocycles. The van der Waals surface area contributed by atoms with Crippen LogP contribution in [0.25, 0.3) is 0 Å². The number of benzene rings is 2. The van der Waals surface area contributed by atoms with Gasteiger partial charge in [-0.05, 0) is 30.3 Å². The van der Waals surface area contributed by atoms with E-state index in [-0.39, 0.29) is 5.69 Å². The zero-order valence-corrected chi connectivity index (χ0v) is 11.3. The van der Waals surface area contributed by atoms with E-state index in [1.54, 1.807) is 12.1 Å². The predicted octanol–water partition coefficient (Wildman–Crippen LogP) is 5.05. The quantitative estimate of drug-likeness (QED) is 0.588. The minimum Gasteiger partial charge on any atom is -0.258 e. The highest BCUT2D eigenvalue weighted by atomic mass is 35.5. The summed E-state index contributed by atoms with van der Waals surface area (Å²) in [6.07, 6.45) is 0. The summed E-state index contributed by atoms with van der Waals surface area (Å²) in [6.45, 7) is 0. The van der Waals surface area contributed by atoms with Crippen molar-refractivity contribution in [3.05, 3.63) is 62.6 Å². The van der Waals surface area contributed by atoms with Gasteiger partial charge < -0.3 is 0 Å². The number of nitro groups is 1. The van der Waals surface area contributed by atoms with Crippen LogP contribution in [0.15, 0.2) is 52.3 Å². The summed E-state index contributed by atoms with van der Waals surface area (Å²) in [7, 11) is 0. The Labute approximate surface area is 118 Å². The van der Waals surface area contributed by atoms with Crippen molar-refractivity contribution in [3.63, 3.8) is 0 Å². The SMILES string of the molecule is O=[N+]([O-])c1ccc(Cl)c(Sc2ccc(Cl)cc2)c1. The number of halogens is 2. The van der Waals surface area contributed by atoms with E-state index < -0.39 is 4.92 Å². The molecular weight excluding hydrogens is 293 g/mol. The van der Waals surface area contributed by atoms with Crippen molar-refractivity contribution in [1.29, 1.82) is 0 Å². The van der Waals surface area contributed by atoms with Crippen molar-refractivity contribution in [3.8, 4) is 0 Å². The van der Waals surface area contributed by atoms with Crippen LogP contribution < -0.4 is 0 Å². The first-order valence-corrected chi connectivity index (χ1v) is 6.51. The molecule has 0 N–H and O–H groups in total. The third-order valence-corrected chi connectivity index (χ3v) is 3.93. The topological polar surface area (TPSA) is 43.1 Å². The Morgan fingerprint density at radius 1 is 1.06 bits per heavy atom. The fraction of sp³-hybridized carbons (Fsp3) is 0. The monoisotopic (exact) mass is 299 g/mol. The first-order chi connectivity index (χ1) is 8.56. The lowest BCUT2D eigenvalue weighted by atomic mass is 10.3. The van der Waals surface area contributed by atoms with Gasteiger partial charge in [0.2, 0.25) is 0 Å². The highest BCUT2D eigenvalue weighted by Gasteiger charge is 2.10. The minimum absolute atomic E-state index is 0.0239. The third kappa shape index (κ3) is 3.16. The van der Waals surface area contributed by atoms with E-state index >= 15 is 0 Å². The molecule has 0 aliphatic heterocycles. The maximum atomic E-state index is 10.7. The molecule has 0 bridgehead atoms. The molecule has 2 rings (SSSR count). The molecule has 0 heterocycles. The second kappa shape index (κ2) is 5.61. The Morgan fingerprint density at radius 2 is 1.72 bits per heavy atom. The van der Waals surface area contributed by atoms with Crippen LogP contribution >= 0.6 is 35.0 Å². The first-order valence-electron chi connectivity index (χ1n) is 4.93. The lowest BCUT2D eigenvalue weighted by molar-refractivity contribution is -0.385. The first kappa shape index (κ1) is 13.2. The summed E-state index contributed by atoms with van der Waals surface area (Å²) >= 11 is 13.2. The van der Waals surface area contributed by atoms with Gasteiger partial charge in [0.05, 0.1) is 9.95 Å². The lowest BCUT2D eigenvalue weighted by Crippen LogP contribution is -1.88. The number of hydrogen-bond acceptors (Lipinski definition) is 3. The molecule has 0 aliphatic rings. The van der Waals surface area contributed by atoms with E-state index in [9.17, 15) is 10.1 Å². The van der Waals surface area contributed by atoms with Gasteiger partial charge in [0.1, 0.15) is 0 Å². The maximum Gasteiger partial charge on any atom is 0.270 e. The number of hydrogen-bond donors (Lipinski definition) is 0. The molecule has 18 heavy (non-hydrogen) atoms. The van der Waals surface area contributed by atoms with E-state index in [0.29, 0.717) is 14.9 Å². The molecule has 0 amide bonds. The van der Waals surface area contributed by atoms with Crippen LogP contribution in [0.3, 0.4) is 0 Å². The van der Waals surface area contributed by atoms with Gasteiger partial charge in [0, 0.05) is 26.9 Å². The van der Waals surface area contributed by atoms with Crippen molar-refractivity contribution in [2.45, 2.75) is 9.79 Å². The smallest absolute Gasteiger partial charge is 0.258 e. The molecule has 0 fully saturated rings. The normalized spacial score (nSPS) is 10.3. The number of non-ortho nitro benzene ring substituents is 1. The lowest BCUT2D eigenvalue weighted by Gasteiger charge is -2.04. The van der Waals surface area contributed by atoms with E-state index in [0.717, 1.165) is 4.90 Å². The van der Waals surface area contributed by atoms with Crippen LogP contribution in [0.2, 0.25) is 10.0 Å². The van der Waals surface area contributed by atoms with Gasteiger partial charge in [0.15, 0.2) is 0 Å². The molecule has 0 unspecified atom stereocenters. The van der Waals surface area contributed by atoms with E-state index in [1.165, 1.54) is 30.0 Å². The summed E-state index contributed by atoms with van der Waals surface area (Å²) in [5, 5.41) is 11.8. The van der Waals surface area contributed by atoms with Gasteiger partial charge in [-0.15, -0.1) is 0 Å². The number of rotatable bonds is 3. The molecule has 0 aromatic heterocycles. The Morgan fingerprint density at radius 3 is 2.33 bits per heavy atom. The fourth-order valence-electron chi connectivity index (χ4n) is 1.31. The average Bonchev–Trinajstić information content (AvgIpc) is 2.34.